The van der Waals surface area contributed by atoms with E-state index >= 15 is 0 Å². The maximum Gasteiger partial charge on any atom is 0.573 e. The van der Waals surface area contributed by atoms with Crippen LogP contribution in [0.3, 0.4) is 0 Å². The Kier molecular flexibility index (Phi) is 3.16. The van der Waals surface area contributed by atoms with Crippen LogP contribution in [-0.2, 0) is 0 Å². The van der Waals surface area contributed by atoms with Gasteiger partial charge in [0.2, 0.25) is 0 Å². The molecule has 1 rings (SSSR count). The molecule has 7 heteroatoms. The summed E-state index contributed by atoms with van der Waals surface area (Å²) >= 11 is 8.39. The van der Waals surface area contributed by atoms with E-state index in [-0.39, 0.29) is 15.2 Å². The summed E-state index contributed by atoms with van der Waals surface area (Å²) in [6.45, 7) is 0. The smallest absolute Gasteiger partial charge is 0.402 e. The number of rotatable bonds is 1. The van der Waals surface area contributed by atoms with Crippen LogP contribution in [0.15, 0.2) is 16.6 Å². The molecule has 0 saturated carbocycles. The van der Waals surface area contributed by atoms with E-state index in [2.05, 4.69) is 20.7 Å². The lowest BCUT2D eigenvalue weighted by Gasteiger charge is -2.13. The second kappa shape index (κ2) is 3.86. The second-order valence-electron chi connectivity index (χ2n) is 2.32. The zero-order chi connectivity index (χ0) is 10.9. The van der Waals surface area contributed by atoms with Crippen molar-refractivity contribution in [1.29, 1.82) is 0 Å². The predicted octanol–water partition coefficient (Wildman–Crippen LogP) is 3.58. The molecule has 0 aliphatic carbocycles. The lowest BCUT2D eigenvalue weighted by molar-refractivity contribution is -0.274. The van der Waals surface area contributed by atoms with Gasteiger partial charge in [-0.3, -0.25) is 0 Å². The van der Waals surface area contributed by atoms with Gasteiger partial charge in [-0.15, -0.1) is 13.2 Å². The summed E-state index contributed by atoms with van der Waals surface area (Å²) in [5.74, 6) is -0.523. The summed E-state index contributed by atoms with van der Waals surface area (Å²) in [7, 11) is 0. The molecular weight excluding hydrogens is 286 g/mol. The fraction of sp³-hybridized carbons (Fsp3) is 0.143. The van der Waals surface area contributed by atoms with E-state index in [0.717, 1.165) is 0 Å². The molecule has 1 aromatic carbocycles. The zero-order valence-electron chi connectivity index (χ0n) is 6.53. The van der Waals surface area contributed by atoms with E-state index in [4.69, 9.17) is 17.3 Å². The minimum absolute atomic E-state index is 0.00690. The summed E-state index contributed by atoms with van der Waals surface area (Å²) < 4.78 is 39.5. The maximum atomic E-state index is 11.9. The highest BCUT2D eigenvalue weighted by Crippen LogP contribution is 2.39. The van der Waals surface area contributed by atoms with Crippen molar-refractivity contribution >= 4 is 33.2 Å². The first kappa shape index (κ1) is 11.5. The van der Waals surface area contributed by atoms with Crippen LogP contribution >= 0.6 is 27.5 Å². The minimum atomic E-state index is -4.79. The molecule has 1 aromatic rings. The summed E-state index contributed by atoms with van der Waals surface area (Å²) in [6, 6.07) is 2.68. The maximum absolute atomic E-state index is 11.9. The van der Waals surface area contributed by atoms with Gasteiger partial charge in [-0.25, -0.2) is 0 Å². The van der Waals surface area contributed by atoms with Gasteiger partial charge in [0.1, 0.15) is 0 Å². The third-order valence-electron chi connectivity index (χ3n) is 1.31. The molecule has 14 heavy (non-hydrogen) atoms. The van der Waals surface area contributed by atoms with Crippen molar-refractivity contribution in [3.63, 3.8) is 0 Å². The summed E-state index contributed by atoms with van der Waals surface area (Å²) in [4.78, 5) is 0. The first-order valence-electron chi connectivity index (χ1n) is 3.30. The number of ether oxygens (including phenoxy) is 1. The van der Waals surface area contributed by atoms with E-state index < -0.39 is 12.1 Å². The quantitative estimate of drug-likeness (QED) is 0.802. The van der Waals surface area contributed by atoms with Crippen LogP contribution in [0.4, 0.5) is 18.9 Å². The van der Waals surface area contributed by atoms with Gasteiger partial charge >= 0.3 is 6.36 Å². The van der Waals surface area contributed by atoms with Crippen LogP contribution in [0.1, 0.15) is 0 Å². The average Bonchev–Trinajstić information content (AvgIpc) is 2.04. The number of anilines is 1. The number of nitrogen functional groups attached to an aromatic ring is 1. The molecule has 0 radical (unpaired) electrons. The Morgan fingerprint density at radius 2 is 1.93 bits per heavy atom. The van der Waals surface area contributed by atoms with Crippen molar-refractivity contribution in [3.8, 4) is 5.75 Å². The normalized spacial score (nSPS) is 11.5. The van der Waals surface area contributed by atoms with Gasteiger partial charge in [0.25, 0.3) is 0 Å². The molecule has 2 nitrogen and oxygen atoms in total. The lowest BCUT2D eigenvalue weighted by atomic mass is 10.3. The van der Waals surface area contributed by atoms with Gasteiger partial charge in [0.15, 0.2) is 5.75 Å². The molecule has 0 unspecified atom stereocenters. The lowest BCUT2D eigenvalue weighted by Crippen LogP contribution is -2.18. The van der Waals surface area contributed by atoms with Crippen molar-refractivity contribution in [2.75, 3.05) is 5.73 Å². The average molecular weight is 290 g/mol. The SMILES string of the molecule is Nc1c(Cl)ccc(Br)c1OC(F)(F)F. The van der Waals surface area contributed by atoms with Gasteiger partial charge in [-0.05, 0) is 28.1 Å². The number of benzene rings is 1. The summed E-state index contributed by atoms with van der Waals surface area (Å²) in [6.07, 6.45) is -4.79. The third-order valence-corrected chi connectivity index (χ3v) is 2.27. The number of hydrogen-bond acceptors (Lipinski definition) is 2. The van der Waals surface area contributed by atoms with Gasteiger partial charge in [-0.2, -0.15) is 0 Å². The number of hydrogen-bond donors (Lipinski definition) is 1. The molecule has 0 atom stereocenters. The van der Waals surface area contributed by atoms with Crippen LogP contribution in [0.25, 0.3) is 0 Å². The Labute approximate surface area is 90.9 Å². The van der Waals surface area contributed by atoms with Crippen molar-refractivity contribution in [2.24, 2.45) is 0 Å². The minimum Gasteiger partial charge on any atom is -0.402 e. The molecule has 0 bridgehead atoms. The number of nitrogens with two attached hydrogens (primary N) is 1. The van der Waals surface area contributed by atoms with Crippen LogP contribution in [0.5, 0.6) is 5.75 Å². The fourth-order valence-electron chi connectivity index (χ4n) is 0.768. The highest BCUT2D eigenvalue weighted by Gasteiger charge is 2.33. The fourth-order valence-corrected chi connectivity index (χ4v) is 1.34. The molecular formula is C7H4BrClF3NO. The van der Waals surface area contributed by atoms with Crippen molar-refractivity contribution in [2.45, 2.75) is 6.36 Å². The predicted molar refractivity (Wildman–Crippen MR) is 50.2 cm³/mol. The Morgan fingerprint density at radius 3 is 2.43 bits per heavy atom. The molecule has 0 saturated heterocycles. The molecule has 0 aliphatic heterocycles. The zero-order valence-corrected chi connectivity index (χ0v) is 8.87. The summed E-state index contributed by atoms with van der Waals surface area (Å²) in [5, 5.41) is 0.00690. The molecule has 0 amide bonds. The van der Waals surface area contributed by atoms with Gasteiger partial charge in [0.05, 0.1) is 15.2 Å². The van der Waals surface area contributed by atoms with Gasteiger partial charge < -0.3 is 10.5 Å². The largest absolute Gasteiger partial charge is 0.573 e. The molecule has 2 N–H and O–H groups in total. The Bertz CT molecular complexity index is 356. The first-order chi connectivity index (χ1) is 6.31. The Hall–Kier alpha value is -0.620. The van der Waals surface area contributed by atoms with Crippen LogP contribution in [0, 0.1) is 0 Å². The number of alkyl halides is 3. The molecule has 0 aliphatic rings. The van der Waals surface area contributed by atoms with Crippen molar-refractivity contribution < 1.29 is 17.9 Å². The van der Waals surface area contributed by atoms with E-state index in [1.165, 1.54) is 12.1 Å². The first-order valence-corrected chi connectivity index (χ1v) is 4.47. The van der Waals surface area contributed by atoms with Crippen molar-refractivity contribution in [3.05, 3.63) is 21.6 Å². The van der Waals surface area contributed by atoms with E-state index in [0.29, 0.717) is 0 Å². The van der Waals surface area contributed by atoms with Gasteiger partial charge in [0, 0.05) is 0 Å². The molecule has 0 spiro atoms. The van der Waals surface area contributed by atoms with Crippen molar-refractivity contribution in [1.82, 2.24) is 0 Å². The van der Waals surface area contributed by atoms with Crippen LogP contribution < -0.4 is 10.5 Å². The Balaban J connectivity index is 3.13. The van der Waals surface area contributed by atoms with E-state index in [1.807, 2.05) is 0 Å². The molecule has 0 aromatic heterocycles. The standard InChI is InChI=1S/C7H4BrClF3NO/c8-3-1-2-4(9)5(13)6(3)14-7(10,11)12/h1-2H,13H2. The number of halogens is 5. The third kappa shape index (κ3) is 2.68. The Morgan fingerprint density at radius 1 is 1.36 bits per heavy atom. The van der Waals surface area contributed by atoms with E-state index in [1.54, 1.807) is 0 Å². The molecule has 0 heterocycles. The topological polar surface area (TPSA) is 35.2 Å². The second-order valence-corrected chi connectivity index (χ2v) is 3.58. The molecule has 78 valence electrons. The monoisotopic (exact) mass is 289 g/mol. The van der Waals surface area contributed by atoms with Gasteiger partial charge in [-0.1, -0.05) is 11.6 Å². The summed E-state index contributed by atoms with van der Waals surface area (Å²) in [5.41, 5.74) is 5.05. The molecule has 0 fully saturated rings. The van der Waals surface area contributed by atoms with E-state index in [9.17, 15) is 13.2 Å². The van der Waals surface area contributed by atoms with Crippen LogP contribution in [-0.4, -0.2) is 6.36 Å². The van der Waals surface area contributed by atoms with Crippen LogP contribution in [0.2, 0.25) is 5.02 Å². The highest BCUT2D eigenvalue weighted by atomic mass is 79.9. The highest BCUT2D eigenvalue weighted by molar-refractivity contribution is 9.10.